The van der Waals surface area contributed by atoms with E-state index in [0.717, 1.165) is 32.3 Å². The number of carbonyl (C=O) groups is 1. The zero-order valence-corrected chi connectivity index (χ0v) is 10.8. The summed E-state index contributed by atoms with van der Waals surface area (Å²) >= 11 is 0. The molecule has 0 aromatic rings. The molecular weight excluding hydrogens is 204 g/mol. The second-order valence-electron chi connectivity index (χ2n) is 5.35. The van der Waals surface area contributed by atoms with E-state index in [1.807, 2.05) is 42.9 Å². The Balaban J connectivity index is 0.000000280. The van der Waals surface area contributed by atoms with E-state index in [-0.39, 0.29) is 11.6 Å². The van der Waals surface area contributed by atoms with E-state index in [1.54, 1.807) is 0 Å². The number of nitrogens with zero attached hydrogens (tertiary/aromatic N) is 3. The molecule has 0 bridgehead atoms. The molecule has 1 saturated carbocycles. The van der Waals surface area contributed by atoms with Crippen molar-refractivity contribution in [2.75, 3.05) is 34.2 Å². The molecule has 1 aliphatic carbocycles. The van der Waals surface area contributed by atoms with Crippen molar-refractivity contribution in [2.45, 2.75) is 31.3 Å². The highest BCUT2D eigenvalue weighted by atomic mass is 16.1. The monoisotopic (exact) mass is 228 g/mol. The SMILES string of the molecule is CC1CN(N)C2(CC2)CN1C=O.CN(C)C. The summed E-state index contributed by atoms with van der Waals surface area (Å²) in [5.74, 6) is 5.87. The molecule has 1 aliphatic heterocycles. The third kappa shape index (κ3) is 3.17. The zero-order valence-electron chi connectivity index (χ0n) is 10.8. The van der Waals surface area contributed by atoms with Gasteiger partial charge in [-0.05, 0) is 40.9 Å². The van der Waals surface area contributed by atoms with Crippen LogP contribution in [0.5, 0.6) is 0 Å². The second-order valence-corrected chi connectivity index (χ2v) is 5.35. The Kier molecular flexibility index (Phi) is 4.29. The summed E-state index contributed by atoms with van der Waals surface area (Å²) in [6, 6.07) is 0.263. The van der Waals surface area contributed by atoms with E-state index >= 15 is 0 Å². The molecule has 1 unspecified atom stereocenters. The lowest BCUT2D eigenvalue weighted by molar-refractivity contribution is -0.124. The van der Waals surface area contributed by atoms with Crippen LogP contribution in [-0.4, -0.2) is 67.0 Å². The van der Waals surface area contributed by atoms with Gasteiger partial charge in [-0.25, -0.2) is 5.01 Å². The molecule has 16 heavy (non-hydrogen) atoms. The molecule has 2 rings (SSSR count). The largest absolute Gasteiger partial charge is 0.339 e. The maximum Gasteiger partial charge on any atom is 0.210 e. The first kappa shape index (κ1) is 13.4. The smallest absolute Gasteiger partial charge is 0.210 e. The lowest BCUT2D eigenvalue weighted by atomic mass is 10.1. The van der Waals surface area contributed by atoms with Crippen LogP contribution < -0.4 is 5.84 Å². The number of amides is 1. The minimum absolute atomic E-state index is 0.146. The first-order valence-corrected chi connectivity index (χ1v) is 5.75. The van der Waals surface area contributed by atoms with E-state index in [0.29, 0.717) is 0 Å². The number of rotatable bonds is 1. The molecule has 5 heteroatoms. The van der Waals surface area contributed by atoms with Crippen molar-refractivity contribution in [3.63, 3.8) is 0 Å². The summed E-state index contributed by atoms with van der Waals surface area (Å²) in [7, 11) is 6.00. The van der Waals surface area contributed by atoms with Gasteiger partial charge in [-0.2, -0.15) is 0 Å². The van der Waals surface area contributed by atoms with E-state index in [4.69, 9.17) is 5.84 Å². The van der Waals surface area contributed by atoms with Gasteiger partial charge in [-0.3, -0.25) is 10.6 Å². The summed E-state index contributed by atoms with van der Waals surface area (Å²) in [6.45, 7) is 3.65. The maximum absolute atomic E-state index is 10.7. The van der Waals surface area contributed by atoms with Gasteiger partial charge < -0.3 is 9.80 Å². The third-order valence-electron chi connectivity index (χ3n) is 3.08. The Morgan fingerprint density at radius 2 is 1.88 bits per heavy atom. The van der Waals surface area contributed by atoms with E-state index in [2.05, 4.69) is 0 Å². The maximum atomic E-state index is 10.7. The van der Waals surface area contributed by atoms with Crippen LogP contribution in [0.3, 0.4) is 0 Å². The van der Waals surface area contributed by atoms with Gasteiger partial charge in [0, 0.05) is 19.1 Å². The van der Waals surface area contributed by atoms with Crippen LogP contribution in [0.15, 0.2) is 0 Å². The van der Waals surface area contributed by atoms with Crippen molar-refractivity contribution in [3.8, 4) is 0 Å². The van der Waals surface area contributed by atoms with Gasteiger partial charge in [0.1, 0.15) is 0 Å². The fourth-order valence-corrected chi connectivity index (χ4v) is 1.90. The summed E-state index contributed by atoms with van der Waals surface area (Å²) < 4.78 is 0. The molecule has 1 heterocycles. The highest BCUT2D eigenvalue weighted by Gasteiger charge is 2.51. The fourth-order valence-electron chi connectivity index (χ4n) is 1.90. The fraction of sp³-hybridized carbons (Fsp3) is 0.909. The minimum atomic E-state index is 0.146. The number of piperazine rings is 1. The highest BCUT2D eigenvalue weighted by molar-refractivity contribution is 5.49. The summed E-state index contributed by atoms with van der Waals surface area (Å²) in [5, 5.41) is 1.91. The lowest BCUT2D eigenvalue weighted by Gasteiger charge is -2.42. The lowest BCUT2D eigenvalue weighted by Crippen LogP contribution is -2.60. The first-order chi connectivity index (χ1) is 7.41. The van der Waals surface area contributed by atoms with Gasteiger partial charge in [-0.1, -0.05) is 0 Å². The summed E-state index contributed by atoms with van der Waals surface area (Å²) in [6.07, 6.45) is 3.22. The van der Waals surface area contributed by atoms with Crippen molar-refractivity contribution < 1.29 is 4.79 Å². The highest BCUT2D eigenvalue weighted by Crippen LogP contribution is 2.42. The molecule has 0 aromatic carbocycles. The topological polar surface area (TPSA) is 52.8 Å². The zero-order chi connectivity index (χ0) is 12.3. The third-order valence-corrected chi connectivity index (χ3v) is 3.08. The predicted octanol–water partition coefficient (Wildman–Crippen LogP) is -0.267. The van der Waals surface area contributed by atoms with Crippen molar-refractivity contribution >= 4 is 6.41 Å². The molecule has 1 saturated heterocycles. The van der Waals surface area contributed by atoms with Gasteiger partial charge in [0.25, 0.3) is 0 Å². The molecule has 2 fully saturated rings. The van der Waals surface area contributed by atoms with Crippen LogP contribution in [0.1, 0.15) is 19.8 Å². The van der Waals surface area contributed by atoms with Crippen LogP contribution in [0.2, 0.25) is 0 Å². The number of hydrogen-bond donors (Lipinski definition) is 1. The molecule has 1 spiro atoms. The van der Waals surface area contributed by atoms with Crippen molar-refractivity contribution in [2.24, 2.45) is 5.84 Å². The summed E-state index contributed by atoms with van der Waals surface area (Å²) in [4.78, 5) is 14.5. The van der Waals surface area contributed by atoms with Gasteiger partial charge >= 0.3 is 0 Å². The van der Waals surface area contributed by atoms with E-state index < -0.39 is 0 Å². The normalized spacial score (nSPS) is 27.6. The molecule has 2 N–H and O–H groups in total. The Hall–Kier alpha value is -0.650. The number of carbonyl (C=O) groups excluding carboxylic acids is 1. The van der Waals surface area contributed by atoms with Gasteiger partial charge in [-0.15, -0.1) is 0 Å². The van der Waals surface area contributed by atoms with Crippen LogP contribution in [-0.2, 0) is 4.79 Å². The average molecular weight is 228 g/mol. The van der Waals surface area contributed by atoms with Crippen molar-refractivity contribution in [3.05, 3.63) is 0 Å². The number of hydrogen-bond acceptors (Lipinski definition) is 4. The first-order valence-electron chi connectivity index (χ1n) is 5.75. The predicted molar refractivity (Wildman–Crippen MR) is 64.7 cm³/mol. The second kappa shape index (κ2) is 5.12. The Morgan fingerprint density at radius 3 is 2.25 bits per heavy atom. The average Bonchev–Trinajstić information content (AvgIpc) is 2.92. The molecule has 2 aliphatic rings. The van der Waals surface area contributed by atoms with Crippen molar-refractivity contribution in [1.82, 2.24) is 14.8 Å². The van der Waals surface area contributed by atoms with Crippen LogP contribution in [0, 0.1) is 0 Å². The number of nitrogens with two attached hydrogens (primary N) is 1. The summed E-state index contributed by atoms with van der Waals surface area (Å²) in [5.41, 5.74) is 0.146. The molecule has 0 radical (unpaired) electrons. The minimum Gasteiger partial charge on any atom is -0.339 e. The Labute approximate surface area is 98.1 Å². The molecule has 1 amide bonds. The van der Waals surface area contributed by atoms with Gasteiger partial charge in [0.15, 0.2) is 0 Å². The molecular formula is C11H24N4O. The molecule has 1 atom stereocenters. The Bertz CT molecular complexity index is 237. The standard InChI is InChI=1S/C8H15N3O.C3H9N/c1-7-4-11(9)8(2-3-8)5-10(7)6-12;1-4(2)3/h6-7H,2-5,9H2,1H3;1-3H3. The van der Waals surface area contributed by atoms with Gasteiger partial charge in [0.05, 0.1) is 5.54 Å². The van der Waals surface area contributed by atoms with Crippen LogP contribution >= 0.6 is 0 Å². The molecule has 0 aromatic heterocycles. The van der Waals surface area contributed by atoms with Gasteiger partial charge in [0.2, 0.25) is 6.41 Å². The quantitative estimate of drug-likeness (QED) is 0.496. The van der Waals surface area contributed by atoms with Crippen LogP contribution in [0.25, 0.3) is 0 Å². The van der Waals surface area contributed by atoms with Crippen LogP contribution in [0.4, 0.5) is 0 Å². The molecule has 94 valence electrons. The number of hydrazine groups is 1. The molecule has 5 nitrogen and oxygen atoms in total. The van der Waals surface area contributed by atoms with Crippen molar-refractivity contribution in [1.29, 1.82) is 0 Å². The van der Waals surface area contributed by atoms with E-state index in [9.17, 15) is 4.79 Å². The van der Waals surface area contributed by atoms with E-state index in [1.165, 1.54) is 0 Å². The Morgan fingerprint density at radius 1 is 1.38 bits per heavy atom.